The lowest BCUT2D eigenvalue weighted by Crippen LogP contribution is -2.29. The average Bonchev–Trinajstić information content (AvgIpc) is 2.62. The highest BCUT2D eigenvalue weighted by atomic mass is 15.1. The number of aromatic nitrogens is 1. The molecule has 0 spiro atoms. The Bertz CT molecular complexity index is 432. The topological polar surface area (TPSA) is 39.9 Å². The third kappa shape index (κ3) is 2.54. The quantitative estimate of drug-likeness (QED) is 0.801. The van der Waals surface area contributed by atoms with Crippen molar-refractivity contribution in [2.24, 2.45) is 0 Å². The summed E-state index contributed by atoms with van der Waals surface area (Å²) in [5.74, 6) is 0. The predicted octanol–water partition coefficient (Wildman–Crippen LogP) is 2.66. The molecule has 0 saturated carbocycles. The summed E-state index contributed by atoms with van der Waals surface area (Å²) in [7, 11) is 0. The number of pyridine rings is 1. The molecule has 0 bridgehead atoms. The molecule has 1 aliphatic heterocycles. The number of likely N-dealkylation sites (tertiary alicyclic amines) is 1. The maximum atomic E-state index is 9.64. The van der Waals surface area contributed by atoms with Gasteiger partial charge in [-0.3, -0.25) is 4.98 Å². The molecule has 1 aliphatic rings. The lowest BCUT2D eigenvalue weighted by Gasteiger charge is -2.24. The molecule has 1 saturated heterocycles. The van der Waals surface area contributed by atoms with E-state index < -0.39 is 0 Å². The smallest absolute Gasteiger partial charge is 0.101 e. The Hall–Kier alpha value is -1.40. The van der Waals surface area contributed by atoms with Crippen LogP contribution in [0.25, 0.3) is 0 Å². The number of nitriles is 1. The summed E-state index contributed by atoms with van der Waals surface area (Å²) in [5, 5.41) is 9.64. The summed E-state index contributed by atoms with van der Waals surface area (Å²) in [5.41, 5.74) is 1.72. The fourth-order valence-electron chi connectivity index (χ4n) is 2.68. The second kappa shape index (κ2) is 5.49. The summed E-state index contributed by atoms with van der Waals surface area (Å²) in [6.45, 7) is 7.39. The van der Waals surface area contributed by atoms with E-state index in [2.05, 4.69) is 28.9 Å². The zero-order valence-electron chi connectivity index (χ0n) is 11.3. The molecule has 0 N–H and O–H groups in total. The molecule has 3 nitrogen and oxygen atoms in total. The Balaban J connectivity index is 2.25. The summed E-state index contributed by atoms with van der Waals surface area (Å²) in [6.07, 6.45) is 4.78. The van der Waals surface area contributed by atoms with Gasteiger partial charge in [-0.2, -0.15) is 5.26 Å². The Labute approximate surface area is 109 Å². The van der Waals surface area contributed by atoms with Gasteiger partial charge >= 0.3 is 0 Å². The molecule has 3 heteroatoms. The second-order valence-electron chi connectivity index (χ2n) is 5.20. The Morgan fingerprint density at radius 1 is 1.39 bits per heavy atom. The number of aryl methyl sites for hydroxylation is 1. The van der Waals surface area contributed by atoms with E-state index in [0.717, 1.165) is 50.2 Å². The Morgan fingerprint density at radius 3 is 2.83 bits per heavy atom. The zero-order valence-corrected chi connectivity index (χ0v) is 11.3. The largest absolute Gasteiger partial charge is 0.304 e. The summed E-state index contributed by atoms with van der Waals surface area (Å²) < 4.78 is 0. The van der Waals surface area contributed by atoms with Crippen molar-refractivity contribution >= 4 is 0 Å². The van der Waals surface area contributed by atoms with Crippen molar-refractivity contribution in [3.63, 3.8) is 0 Å². The first-order valence-corrected chi connectivity index (χ1v) is 6.77. The standard InChI is InChI=1S/C15H21N3/c1-3-18-9-4-7-15(12-16,8-10-18)14-6-5-13(2)11-17-14/h5-6,11H,3-4,7-10H2,1-2H3. The first kappa shape index (κ1) is 13.0. The van der Waals surface area contributed by atoms with E-state index in [0.29, 0.717) is 0 Å². The zero-order chi connectivity index (χ0) is 13.0. The van der Waals surface area contributed by atoms with Gasteiger partial charge in [0.15, 0.2) is 0 Å². The molecule has 2 heterocycles. The predicted molar refractivity (Wildman–Crippen MR) is 72.2 cm³/mol. The molecule has 1 aromatic rings. The van der Waals surface area contributed by atoms with E-state index in [4.69, 9.17) is 0 Å². The van der Waals surface area contributed by atoms with Gasteiger partial charge in [0.25, 0.3) is 0 Å². The fourth-order valence-corrected chi connectivity index (χ4v) is 2.68. The van der Waals surface area contributed by atoms with Crippen LogP contribution in [0, 0.1) is 18.3 Å². The maximum absolute atomic E-state index is 9.64. The van der Waals surface area contributed by atoms with Crippen molar-refractivity contribution in [2.75, 3.05) is 19.6 Å². The van der Waals surface area contributed by atoms with E-state index in [1.807, 2.05) is 19.2 Å². The molecular weight excluding hydrogens is 222 g/mol. The summed E-state index contributed by atoms with van der Waals surface area (Å²) in [4.78, 5) is 6.92. The van der Waals surface area contributed by atoms with Crippen molar-refractivity contribution in [3.05, 3.63) is 29.6 Å². The molecule has 18 heavy (non-hydrogen) atoms. The first-order valence-electron chi connectivity index (χ1n) is 6.77. The maximum Gasteiger partial charge on any atom is 0.101 e. The first-order chi connectivity index (χ1) is 8.70. The molecule has 96 valence electrons. The molecular formula is C15H21N3. The van der Waals surface area contributed by atoms with Gasteiger partial charge in [-0.15, -0.1) is 0 Å². The highest BCUT2D eigenvalue weighted by Crippen LogP contribution is 2.33. The van der Waals surface area contributed by atoms with E-state index in [1.54, 1.807) is 0 Å². The molecule has 1 fully saturated rings. The minimum Gasteiger partial charge on any atom is -0.304 e. The van der Waals surface area contributed by atoms with Gasteiger partial charge in [0, 0.05) is 12.7 Å². The molecule has 1 aromatic heterocycles. The fraction of sp³-hybridized carbons (Fsp3) is 0.600. The van der Waals surface area contributed by atoms with Crippen molar-refractivity contribution in [1.82, 2.24) is 9.88 Å². The lowest BCUT2D eigenvalue weighted by molar-refractivity contribution is 0.295. The highest BCUT2D eigenvalue weighted by Gasteiger charge is 2.35. The molecule has 0 aliphatic carbocycles. The normalized spacial score (nSPS) is 25.4. The molecule has 0 amide bonds. The Kier molecular flexibility index (Phi) is 3.98. The highest BCUT2D eigenvalue weighted by molar-refractivity contribution is 5.28. The van der Waals surface area contributed by atoms with Gasteiger partial charge in [0.2, 0.25) is 0 Å². The molecule has 0 radical (unpaired) electrons. The van der Waals surface area contributed by atoms with Crippen LogP contribution in [0.1, 0.15) is 37.4 Å². The van der Waals surface area contributed by atoms with Crippen molar-refractivity contribution in [3.8, 4) is 6.07 Å². The van der Waals surface area contributed by atoms with Crippen LogP contribution < -0.4 is 0 Å². The van der Waals surface area contributed by atoms with Crippen molar-refractivity contribution in [1.29, 1.82) is 5.26 Å². The van der Waals surface area contributed by atoms with Crippen LogP contribution in [0.4, 0.5) is 0 Å². The molecule has 0 aromatic carbocycles. The Morgan fingerprint density at radius 2 is 2.22 bits per heavy atom. The van der Waals surface area contributed by atoms with Gasteiger partial charge in [-0.1, -0.05) is 13.0 Å². The molecule has 1 unspecified atom stereocenters. The van der Waals surface area contributed by atoms with Crippen LogP contribution in [-0.4, -0.2) is 29.5 Å². The van der Waals surface area contributed by atoms with Crippen molar-refractivity contribution < 1.29 is 0 Å². The van der Waals surface area contributed by atoms with Gasteiger partial charge in [-0.25, -0.2) is 0 Å². The van der Waals surface area contributed by atoms with E-state index in [9.17, 15) is 5.26 Å². The van der Waals surface area contributed by atoms with Crippen LogP contribution in [0.3, 0.4) is 0 Å². The van der Waals surface area contributed by atoms with E-state index in [-0.39, 0.29) is 5.41 Å². The number of hydrogen-bond acceptors (Lipinski definition) is 3. The van der Waals surface area contributed by atoms with Crippen LogP contribution in [0.2, 0.25) is 0 Å². The number of nitrogens with zero attached hydrogens (tertiary/aromatic N) is 3. The average molecular weight is 243 g/mol. The third-order valence-electron chi connectivity index (χ3n) is 4.00. The van der Waals surface area contributed by atoms with E-state index in [1.165, 1.54) is 0 Å². The minimum atomic E-state index is -0.377. The summed E-state index contributed by atoms with van der Waals surface area (Å²) in [6, 6.07) is 6.64. The van der Waals surface area contributed by atoms with Gasteiger partial charge in [-0.05, 0) is 50.9 Å². The van der Waals surface area contributed by atoms with Crippen LogP contribution in [0.15, 0.2) is 18.3 Å². The molecule has 1 atom stereocenters. The second-order valence-corrected chi connectivity index (χ2v) is 5.20. The third-order valence-corrected chi connectivity index (χ3v) is 4.00. The van der Waals surface area contributed by atoms with Gasteiger partial charge in [0.05, 0.1) is 11.8 Å². The van der Waals surface area contributed by atoms with E-state index >= 15 is 0 Å². The number of hydrogen-bond donors (Lipinski definition) is 0. The summed E-state index contributed by atoms with van der Waals surface area (Å²) >= 11 is 0. The monoisotopic (exact) mass is 243 g/mol. The van der Waals surface area contributed by atoms with Gasteiger partial charge in [0.1, 0.15) is 5.41 Å². The minimum absolute atomic E-state index is 0.377. The van der Waals surface area contributed by atoms with Crippen LogP contribution >= 0.6 is 0 Å². The van der Waals surface area contributed by atoms with Crippen LogP contribution in [0.5, 0.6) is 0 Å². The number of rotatable bonds is 2. The SMILES string of the molecule is CCN1CCCC(C#N)(c2ccc(C)cn2)CC1. The van der Waals surface area contributed by atoms with Crippen molar-refractivity contribution in [2.45, 2.75) is 38.5 Å². The lowest BCUT2D eigenvalue weighted by atomic mass is 9.78. The molecule has 2 rings (SSSR count). The van der Waals surface area contributed by atoms with Crippen LogP contribution in [-0.2, 0) is 5.41 Å². The van der Waals surface area contributed by atoms with Gasteiger partial charge < -0.3 is 4.90 Å².